The monoisotopic (exact) mass is 197 g/mol. The van der Waals surface area contributed by atoms with Gasteiger partial charge in [0.25, 0.3) is 0 Å². The van der Waals surface area contributed by atoms with E-state index in [-0.39, 0.29) is 0 Å². The molecule has 0 radical (unpaired) electrons. The third-order valence-corrected chi connectivity index (χ3v) is 1.90. The van der Waals surface area contributed by atoms with E-state index in [1.165, 1.54) is 0 Å². The summed E-state index contributed by atoms with van der Waals surface area (Å²) >= 11 is 0. The molecule has 0 bridgehead atoms. The molecule has 4 heteroatoms. The maximum absolute atomic E-state index is 5.49. The van der Waals surface area contributed by atoms with Crippen molar-refractivity contribution in [2.75, 3.05) is 19.7 Å². The van der Waals surface area contributed by atoms with Crippen molar-refractivity contribution in [3.05, 3.63) is 12.4 Å². The molecule has 0 saturated heterocycles. The van der Waals surface area contributed by atoms with E-state index in [2.05, 4.69) is 31.2 Å². The van der Waals surface area contributed by atoms with Gasteiger partial charge in [0.2, 0.25) is 0 Å². The third-order valence-electron chi connectivity index (χ3n) is 1.90. The molecule has 0 aliphatic heterocycles. The summed E-state index contributed by atoms with van der Waals surface area (Å²) in [5.41, 5.74) is 0. The van der Waals surface area contributed by atoms with Crippen LogP contribution in [0.25, 0.3) is 0 Å². The molecule has 0 spiro atoms. The fraction of sp³-hybridized carbons (Fsp3) is 0.700. The van der Waals surface area contributed by atoms with Gasteiger partial charge in [0.05, 0.1) is 12.4 Å². The molecule has 1 N–H and O–H groups in total. The van der Waals surface area contributed by atoms with Crippen LogP contribution in [0.5, 0.6) is 5.75 Å². The van der Waals surface area contributed by atoms with Crippen LogP contribution < -0.4 is 10.1 Å². The molecule has 0 aromatic carbocycles. The minimum absolute atomic E-state index is 0.390. The lowest BCUT2D eigenvalue weighted by Crippen LogP contribution is -2.20. The minimum Gasteiger partial charge on any atom is -0.489 e. The highest BCUT2D eigenvalue weighted by Gasteiger charge is 2.01. The van der Waals surface area contributed by atoms with Gasteiger partial charge in [0.15, 0.2) is 5.75 Å². The summed E-state index contributed by atoms with van der Waals surface area (Å²) in [7, 11) is 0. The lowest BCUT2D eigenvalue weighted by atomic mass is 10.4. The van der Waals surface area contributed by atoms with Gasteiger partial charge in [0.1, 0.15) is 6.61 Å². The van der Waals surface area contributed by atoms with Crippen LogP contribution in [0, 0.1) is 0 Å². The molecule has 14 heavy (non-hydrogen) atoms. The number of nitrogens with one attached hydrogen (secondary N) is 1. The van der Waals surface area contributed by atoms with Gasteiger partial charge in [-0.15, -0.1) is 0 Å². The van der Waals surface area contributed by atoms with E-state index >= 15 is 0 Å². The van der Waals surface area contributed by atoms with Gasteiger partial charge in [-0.2, -0.15) is 5.10 Å². The molecular weight excluding hydrogens is 178 g/mol. The van der Waals surface area contributed by atoms with Gasteiger partial charge < -0.3 is 10.1 Å². The molecule has 0 aliphatic rings. The molecule has 0 amide bonds. The topological polar surface area (TPSA) is 39.1 Å². The summed E-state index contributed by atoms with van der Waals surface area (Å²) in [4.78, 5) is 0. The fourth-order valence-corrected chi connectivity index (χ4v) is 1.10. The zero-order valence-electron chi connectivity index (χ0n) is 9.16. The Labute approximate surface area is 85.3 Å². The first kappa shape index (κ1) is 11.0. The maximum Gasteiger partial charge on any atom is 0.157 e. The van der Waals surface area contributed by atoms with Gasteiger partial charge in [-0.3, -0.25) is 4.68 Å². The zero-order valence-corrected chi connectivity index (χ0v) is 9.16. The van der Waals surface area contributed by atoms with Crippen LogP contribution in [-0.4, -0.2) is 29.5 Å². The van der Waals surface area contributed by atoms with Crippen molar-refractivity contribution in [1.82, 2.24) is 15.1 Å². The first-order valence-corrected chi connectivity index (χ1v) is 5.11. The number of hydrogen-bond acceptors (Lipinski definition) is 3. The van der Waals surface area contributed by atoms with Crippen LogP contribution in [0.1, 0.15) is 26.8 Å². The van der Waals surface area contributed by atoms with Crippen molar-refractivity contribution >= 4 is 0 Å². The predicted molar refractivity (Wildman–Crippen MR) is 56.7 cm³/mol. The van der Waals surface area contributed by atoms with Crippen LogP contribution in [-0.2, 0) is 0 Å². The predicted octanol–water partition coefficient (Wildman–Crippen LogP) is 1.45. The molecule has 0 unspecified atom stereocenters. The van der Waals surface area contributed by atoms with Crippen LogP contribution in [0.15, 0.2) is 12.4 Å². The SMILES string of the molecule is CCNCCOc1cnn(C(C)C)c1. The molecule has 1 rings (SSSR count). The molecule has 0 fully saturated rings. The highest BCUT2D eigenvalue weighted by atomic mass is 16.5. The first-order chi connectivity index (χ1) is 6.74. The van der Waals surface area contributed by atoms with Gasteiger partial charge in [-0.1, -0.05) is 6.92 Å². The van der Waals surface area contributed by atoms with Crippen LogP contribution in [0.3, 0.4) is 0 Å². The van der Waals surface area contributed by atoms with Gasteiger partial charge >= 0.3 is 0 Å². The van der Waals surface area contributed by atoms with E-state index in [1.807, 2.05) is 10.9 Å². The zero-order chi connectivity index (χ0) is 10.4. The average molecular weight is 197 g/mol. The minimum atomic E-state index is 0.390. The van der Waals surface area contributed by atoms with E-state index in [4.69, 9.17) is 4.74 Å². The van der Waals surface area contributed by atoms with E-state index < -0.39 is 0 Å². The normalized spacial score (nSPS) is 10.9. The standard InChI is InChI=1S/C10H19N3O/c1-4-11-5-6-14-10-7-12-13(8-10)9(2)3/h7-9,11H,4-6H2,1-3H3. The van der Waals surface area contributed by atoms with E-state index in [9.17, 15) is 0 Å². The molecule has 0 aliphatic carbocycles. The summed E-state index contributed by atoms with van der Waals surface area (Å²) in [6.07, 6.45) is 3.68. The fourth-order valence-electron chi connectivity index (χ4n) is 1.10. The van der Waals surface area contributed by atoms with Crippen molar-refractivity contribution in [2.24, 2.45) is 0 Å². The molecule has 0 saturated carbocycles. The number of nitrogens with zero attached hydrogens (tertiary/aromatic N) is 2. The maximum atomic E-state index is 5.49. The largest absolute Gasteiger partial charge is 0.489 e. The number of hydrogen-bond donors (Lipinski definition) is 1. The Morgan fingerprint density at radius 3 is 2.93 bits per heavy atom. The van der Waals surface area contributed by atoms with Crippen molar-refractivity contribution in [3.63, 3.8) is 0 Å². The molecule has 4 nitrogen and oxygen atoms in total. The first-order valence-electron chi connectivity index (χ1n) is 5.11. The number of aromatic nitrogens is 2. The van der Waals surface area contributed by atoms with Crippen LogP contribution in [0.2, 0.25) is 0 Å². The third kappa shape index (κ3) is 3.38. The van der Waals surface area contributed by atoms with Gasteiger partial charge in [0, 0.05) is 12.6 Å². The summed E-state index contributed by atoms with van der Waals surface area (Å²) in [5, 5.41) is 7.38. The molecule has 1 heterocycles. The second-order valence-electron chi connectivity index (χ2n) is 3.45. The van der Waals surface area contributed by atoms with Gasteiger partial charge in [-0.25, -0.2) is 0 Å². The molecule has 80 valence electrons. The Kier molecular flexibility index (Phi) is 4.46. The Morgan fingerprint density at radius 2 is 2.36 bits per heavy atom. The second-order valence-corrected chi connectivity index (χ2v) is 3.45. The second kappa shape index (κ2) is 5.65. The van der Waals surface area contributed by atoms with Crippen molar-refractivity contribution in [3.8, 4) is 5.75 Å². The lowest BCUT2D eigenvalue weighted by Gasteiger charge is -2.04. The van der Waals surface area contributed by atoms with Crippen LogP contribution in [0.4, 0.5) is 0 Å². The summed E-state index contributed by atoms with van der Waals surface area (Å²) in [6.45, 7) is 8.82. The quantitative estimate of drug-likeness (QED) is 0.702. The van der Waals surface area contributed by atoms with E-state index in [0.717, 1.165) is 18.8 Å². The van der Waals surface area contributed by atoms with Crippen LogP contribution >= 0.6 is 0 Å². The summed E-state index contributed by atoms with van der Waals surface area (Å²) < 4.78 is 7.38. The lowest BCUT2D eigenvalue weighted by molar-refractivity contribution is 0.314. The Morgan fingerprint density at radius 1 is 1.57 bits per heavy atom. The molecule has 1 aromatic rings. The summed E-state index contributed by atoms with van der Waals surface area (Å²) in [5.74, 6) is 0.844. The van der Waals surface area contributed by atoms with Gasteiger partial charge in [-0.05, 0) is 20.4 Å². The van der Waals surface area contributed by atoms with Crippen molar-refractivity contribution < 1.29 is 4.74 Å². The number of ether oxygens (including phenoxy) is 1. The Bertz CT molecular complexity index is 258. The number of likely N-dealkylation sites (N-methyl/N-ethyl adjacent to an activating group) is 1. The molecule has 0 atom stereocenters. The Hall–Kier alpha value is -1.03. The molecule has 1 aromatic heterocycles. The Balaban J connectivity index is 2.29. The average Bonchev–Trinajstić information content (AvgIpc) is 2.61. The molecular formula is C10H19N3O. The van der Waals surface area contributed by atoms with Crippen molar-refractivity contribution in [2.45, 2.75) is 26.8 Å². The highest BCUT2D eigenvalue weighted by molar-refractivity contribution is 5.11. The summed E-state index contributed by atoms with van der Waals surface area (Å²) in [6, 6.07) is 0.390. The smallest absolute Gasteiger partial charge is 0.157 e. The highest BCUT2D eigenvalue weighted by Crippen LogP contribution is 2.11. The number of rotatable bonds is 6. The van der Waals surface area contributed by atoms with E-state index in [0.29, 0.717) is 12.6 Å². The van der Waals surface area contributed by atoms with Crippen molar-refractivity contribution in [1.29, 1.82) is 0 Å². The van der Waals surface area contributed by atoms with E-state index in [1.54, 1.807) is 6.20 Å².